The molecule has 0 radical (unpaired) electrons. The van der Waals surface area contributed by atoms with E-state index in [2.05, 4.69) is 0 Å². The van der Waals surface area contributed by atoms with Gasteiger partial charge < -0.3 is 5.11 Å². The Morgan fingerprint density at radius 2 is 1.95 bits per heavy atom. The average molecular weight is 329 g/mol. The molecule has 0 spiro atoms. The summed E-state index contributed by atoms with van der Waals surface area (Å²) in [7, 11) is -3.42. The maximum Gasteiger partial charge on any atom is 0.303 e. The molecule has 1 aromatic rings. The van der Waals surface area contributed by atoms with Gasteiger partial charge in [-0.25, -0.2) is 8.42 Å². The Morgan fingerprint density at radius 3 is 2.43 bits per heavy atom. The first-order chi connectivity index (χ1) is 9.88. The molecule has 2 aliphatic rings. The van der Waals surface area contributed by atoms with Crippen LogP contribution in [0.4, 0.5) is 0 Å². The Labute approximate surface area is 128 Å². The number of fused-ring (bicyclic) bond motifs is 2. The third-order valence-corrected chi connectivity index (χ3v) is 7.95. The topological polar surface area (TPSA) is 74.7 Å². The van der Waals surface area contributed by atoms with E-state index in [1.165, 1.54) is 11.3 Å². The predicted octanol–water partition coefficient (Wildman–Crippen LogP) is 2.46. The van der Waals surface area contributed by atoms with Gasteiger partial charge >= 0.3 is 5.97 Å². The van der Waals surface area contributed by atoms with Crippen LogP contribution in [0.2, 0.25) is 0 Å². The number of sulfonamides is 1. The molecule has 2 unspecified atom stereocenters. The highest BCUT2D eigenvalue weighted by Gasteiger charge is 2.47. The van der Waals surface area contributed by atoms with Crippen LogP contribution in [0.3, 0.4) is 0 Å². The summed E-state index contributed by atoms with van der Waals surface area (Å²) in [5, 5.41) is 8.94. The van der Waals surface area contributed by atoms with Crippen LogP contribution in [-0.4, -0.2) is 35.9 Å². The molecule has 21 heavy (non-hydrogen) atoms. The summed E-state index contributed by atoms with van der Waals surface area (Å²) >= 11 is 1.31. The first-order valence-electron chi connectivity index (χ1n) is 7.19. The molecule has 1 aromatic heterocycles. The fraction of sp³-hybridized carbons (Fsp3) is 0.643. The van der Waals surface area contributed by atoms with Crippen molar-refractivity contribution >= 4 is 27.3 Å². The molecule has 0 saturated carbocycles. The lowest BCUT2D eigenvalue weighted by Gasteiger charge is -2.37. The molecule has 0 amide bonds. The Balaban J connectivity index is 1.83. The highest BCUT2D eigenvalue weighted by Crippen LogP contribution is 2.43. The molecular weight excluding hydrogens is 310 g/mol. The summed E-state index contributed by atoms with van der Waals surface area (Å²) in [6.07, 6.45) is 3.20. The third kappa shape index (κ3) is 2.74. The number of carbonyl (C=O) groups is 1. The normalized spacial score (nSPS) is 29.7. The van der Waals surface area contributed by atoms with Crippen LogP contribution in [0.25, 0.3) is 0 Å². The Morgan fingerprint density at radius 1 is 1.33 bits per heavy atom. The highest BCUT2D eigenvalue weighted by molar-refractivity contribution is 7.91. The van der Waals surface area contributed by atoms with Gasteiger partial charge in [-0.15, -0.1) is 11.3 Å². The van der Waals surface area contributed by atoms with Crippen molar-refractivity contribution in [2.24, 2.45) is 5.92 Å². The molecule has 2 fully saturated rings. The van der Waals surface area contributed by atoms with Gasteiger partial charge in [-0.05, 0) is 50.7 Å². The standard InChI is InChI=1S/C14H19NO4S2/c1-9-2-5-14(20-9)21(18,19)15-11-3-4-12(15)7-10(6-11)8-13(16)17/h2,5,10-12H,3-4,6-8H2,1H3,(H,16,17). The number of aliphatic carboxylic acids is 1. The summed E-state index contributed by atoms with van der Waals surface area (Å²) in [5.41, 5.74) is 0. The number of rotatable bonds is 4. The molecule has 5 nitrogen and oxygen atoms in total. The van der Waals surface area contributed by atoms with Crippen LogP contribution in [-0.2, 0) is 14.8 Å². The molecule has 0 aromatic carbocycles. The van der Waals surface area contributed by atoms with Crippen molar-refractivity contribution in [2.45, 2.75) is 55.3 Å². The van der Waals surface area contributed by atoms with Crippen molar-refractivity contribution in [3.63, 3.8) is 0 Å². The first-order valence-corrected chi connectivity index (χ1v) is 9.45. The van der Waals surface area contributed by atoms with Crippen LogP contribution in [0.1, 0.15) is 37.0 Å². The number of piperidine rings is 1. The smallest absolute Gasteiger partial charge is 0.303 e. The van der Waals surface area contributed by atoms with Gasteiger partial charge in [0, 0.05) is 23.4 Å². The second-order valence-electron chi connectivity index (χ2n) is 6.02. The van der Waals surface area contributed by atoms with Gasteiger partial charge in [-0.1, -0.05) is 0 Å². The summed E-state index contributed by atoms with van der Waals surface area (Å²) < 4.78 is 27.7. The van der Waals surface area contributed by atoms with E-state index in [9.17, 15) is 13.2 Å². The second kappa shape index (κ2) is 5.37. The number of carboxylic acids is 1. The monoisotopic (exact) mass is 329 g/mol. The number of thiophene rings is 1. The largest absolute Gasteiger partial charge is 0.481 e. The van der Waals surface area contributed by atoms with Crippen molar-refractivity contribution in [3.8, 4) is 0 Å². The van der Waals surface area contributed by atoms with E-state index in [0.29, 0.717) is 17.1 Å². The maximum atomic E-state index is 12.8. The van der Waals surface area contributed by atoms with Crippen LogP contribution in [0, 0.1) is 12.8 Å². The van der Waals surface area contributed by atoms with Gasteiger partial charge in [-0.2, -0.15) is 4.31 Å². The summed E-state index contributed by atoms with van der Waals surface area (Å²) in [6.45, 7) is 1.90. The van der Waals surface area contributed by atoms with Crippen LogP contribution in [0.15, 0.2) is 16.3 Å². The summed E-state index contributed by atoms with van der Waals surface area (Å²) in [6, 6.07) is 3.45. The van der Waals surface area contributed by atoms with E-state index in [-0.39, 0.29) is 24.4 Å². The Kier molecular flexibility index (Phi) is 3.83. The zero-order valence-corrected chi connectivity index (χ0v) is 13.5. The van der Waals surface area contributed by atoms with Gasteiger partial charge in [0.2, 0.25) is 0 Å². The SMILES string of the molecule is Cc1ccc(S(=O)(=O)N2C3CCC2CC(CC(=O)O)C3)s1. The van der Waals surface area contributed by atoms with Crippen molar-refractivity contribution in [2.75, 3.05) is 0 Å². The molecule has 2 atom stereocenters. The van der Waals surface area contributed by atoms with Gasteiger partial charge in [-0.3, -0.25) is 4.79 Å². The second-order valence-corrected chi connectivity index (χ2v) is 9.38. The number of hydrogen-bond acceptors (Lipinski definition) is 4. The highest BCUT2D eigenvalue weighted by atomic mass is 32.2. The average Bonchev–Trinajstić information content (AvgIpc) is 2.92. The lowest BCUT2D eigenvalue weighted by atomic mass is 9.90. The molecular formula is C14H19NO4S2. The first kappa shape index (κ1) is 15.0. The molecule has 3 heterocycles. The zero-order chi connectivity index (χ0) is 15.2. The number of aryl methyl sites for hydroxylation is 1. The molecule has 0 aliphatic carbocycles. The summed E-state index contributed by atoms with van der Waals surface area (Å²) in [5.74, 6) is -0.680. The molecule has 116 valence electrons. The van der Waals surface area contributed by atoms with Gasteiger partial charge in [0.05, 0.1) is 0 Å². The number of nitrogens with zero attached hydrogens (tertiary/aromatic N) is 1. The minimum atomic E-state index is -3.42. The molecule has 2 aliphatic heterocycles. The maximum absolute atomic E-state index is 12.8. The predicted molar refractivity (Wildman–Crippen MR) is 79.9 cm³/mol. The molecule has 7 heteroatoms. The lowest BCUT2D eigenvalue weighted by molar-refractivity contribution is -0.138. The van der Waals surface area contributed by atoms with Crippen LogP contribution in [0.5, 0.6) is 0 Å². The van der Waals surface area contributed by atoms with Crippen LogP contribution >= 0.6 is 11.3 Å². The van der Waals surface area contributed by atoms with E-state index in [0.717, 1.165) is 17.7 Å². The van der Waals surface area contributed by atoms with E-state index in [4.69, 9.17) is 5.11 Å². The number of carboxylic acid groups (broad SMARTS) is 1. The Hall–Kier alpha value is -0.920. The van der Waals surface area contributed by atoms with Crippen molar-refractivity contribution < 1.29 is 18.3 Å². The van der Waals surface area contributed by atoms with E-state index in [1.807, 2.05) is 13.0 Å². The van der Waals surface area contributed by atoms with Crippen LogP contribution < -0.4 is 0 Å². The summed E-state index contributed by atoms with van der Waals surface area (Å²) in [4.78, 5) is 11.9. The minimum absolute atomic E-state index is 0.0273. The van der Waals surface area contributed by atoms with Crippen molar-refractivity contribution in [3.05, 3.63) is 17.0 Å². The van der Waals surface area contributed by atoms with E-state index in [1.54, 1.807) is 10.4 Å². The zero-order valence-electron chi connectivity index (χ0n) is 11.9. The van der Waals surface area contributed by atoms with Crippen molar-refractivity contribution in [1.82, 2.24) is 4.31 Å². The molecule has 3 rings (SSSR count). The van der Waals surface area contributed by atoms with Gasteiger partial charge in [0.1, 0.15) is 4.21 Å². The lowest BCUT2D eigenvalue weighted by Crippen LogP contribution is -2.46. The van der Waals surface area contributed by atoms with E-state index < -0.39 is 16.0 Å². The van der Waals surface area contributed by atoms with Crippen molar-refractivity contribution in [1.29, 1.82) is 0 Å². The number of hydrogen-bond donors (Lipinski definition) is 1. The molecule has 2 saturated heterocycles. The fourth-order valence-electron chi connectivity index (χ4n) is 3.71. The molecule has 2 bridgehead atoms. The molecule has 1 N–H and O–H groups in total. The van der Waals surface area contributed by atoms with Gasteiger partial charge in [0.25, 0.3) is 10.0 Å². The van der Waals surface area contributed by atoms with Gasteiger partial charge in [0.15, 0.2) is 0 Å². The van der Waals surface area contributed by atoms with E-state index >= 15 is 0 Å². The minimum Gasteiger partial charge on any atom is -0.481 e. The quantitative estimate of drug-likeness (QED) is 0.921. The fourth-order valence-corrected chi connectivity index (χ4v) is 6.99. The third-order valence-electron chi connectivity index (χ3n) is 4.47. The Bertz CT molecular complexity index is 638.